The number of carbonyl (C=O) groups is 1. The highest BCUT2D eigenvalue weighted by Gasteiger charge is 2.24. The fourth-order valence-electron chi connectivity index (χ4n) is 3.07. The van der Waals surface area contributed by atoms with Crippen molar-refractivity contribution in [3.05, 3.63) is 57.3 Å². The van der Waals surface area contributed by atoms with E-state index in [2.05, 4.69) is 23.4 Å². The number of hydrogen-bond donors (Lipinski definition) is 1. The van der Waals surface area contributed by atoms with Gasteiger partial charge in [0.1, 0.15) is 0 Å². The quantitative estimate of drug-likeness (QED) is 0.929. The highest BCUT2D eigenvalue weighted by molar-refractivity contribution is 7.10. The molecule has 1 aliphatic carbocycles. The average molecular weight is 301 g/mol. The second-order valence-electron chi connectivity index (χ2n) is 5.62. The van der Waals surface area contributed by atoms with Crippen LogP contribution in [0.2, 0.25) is 0 Å². The normalized spacial score (nSPS) is 17.7. The third-order valence-electron chi connectivity index (χ3n) is 4.19. The van der Waals surface area contributed by atoms with Gasteiger partial charge in [-0.15, -0.1) is 11.3 Å². The monoisotopic (exact) mass is 301 g/mol. The Morgan fingerprint density at radius 2 is 2.10 bits per heavy atom. The Bertz CT molecular complexity index is 632. The molecule has 2 aromatic rings. The molecule has 3 rings (SSSR count). The molecule has 1 unspecified atom stereocenters. The lowest BCUT2D eigenvalue weighted by molar-refractivity contribution is 0.0697. The SMILES string of the molecule is CN(Cc1ccc(C(=O)O)cc1)C1CCCc2sccc21. The summed E-state index contributed by atoms with van der Waals surface area (Å²) in [5.41, 5.74) is 2.99. The number of aryl methyl sites for hydroxylation is 1. The molecule has 4 heteroatoms. The molecule has 1 aliphatic rings. The van der Waals surface area contributed by atoms with Crippen LogP contribution >= 0.6 is 11.3 Å². The van der Waals surface area contributed by atoms with Crippen molar-refractivity contribution in [1.29, 1.82) is 0 Å². The zero-order chi connectivity index (χ0) is 14.8. The van der Waals surface area contributed by atoms with E-state index < -0.39 is 5.97 Å². The molecule has 0 fully saturated rings. The maximum absolute atomic E-state index is 10.9. The van der Waals surface area contributed by atoms with Gasteiger partial charge in [-0.2, -0.15) is 0 Å². The van der Waals surface area contributed by atoms with E-state index in [4.69, 9.17) is 5.11 Å². The molecule has 0 spiro atoms. The lowest BCUT2D eigenvalue weighted by Crippen LogP contribution is -2.26. The summed E-state index contributed by atoms with van der Waals surface area (Å²) in [5, 5.41) is 11.1. The Hall–Kier alpha value is -1.65. The summed E-state index contributed by atoms with van der Waals surface area (Å²) in [6.45, 7) is 0.847. The summed E-state index contributed by atoms with van der Waals surface area (Å²) in [5.74, 6) is -0.870. The number of fused-ring (bicyclic) bond motifs is 1. The highest BCUT2D eigenvalue weighted by Crippen LogP contribution is 2.37. The van der Waals surface area contributed by atoms with Crippen molar-refractivity contribution in [1.82, 2.24) is 4.90 Å². The van der Waals surface area contributed by atoms with Crippen LogP contribution in [0.1, 0.15) is 45.2 Å². The molecule has 0 saturated carbocycles. The van der Waals surface area contributed by atoms with Crippen molar-refractivity contribution in [2.45, 2.75) is 31.8 Å². The highest BCUT2D eigenvalue weighted by atomic mass is 32.1. The van der Waals surface area contributed by atoms with E-state index in [0.29, 0.717) is 11.6 Å². The molecule has 0 saturated heterocycles. The van der Waals surface area contributed by atoms with Crippen LogP contribution in [0.3, 0.4) is 0 Å². The molecule has 21 heavy (non-hydrogen) atoms. The molecule has 0 amide bonds. The molecule has 0 aliphatic heterocycles. The Labute approximate surface area is 128 Å². The first kappa shape index (κ1) is 14.3. The van der Waals surface area contributed by atoms with Crippen molar-refractivity contribution >= 4 is 17.3 Å². The van der Waals surface area contributed by atoms with Gasteiger partial charge in [-0.3, -0.25) is 4.90 Å². The van der Waals surface area contributed by atoms with Gasteiger partial charge in [0.2, 0.25) is 0 Å². The summed E-state index contributed by atoms with van der Waals surface area (Å²) in [4.78, 5) is 14.8. The Morgan fingerprint density at radius 1 is 1.33 bits per heavy atom. The first-order valence-electron chi connectivity index (χ1n) is 7.24. The molecule has 110 valence electrons. The van der Waals surface area contributed by atoms with E-state index in [9.17, 15) is 4.79 Å². The van der Waals surface area contributed by atoms with Crippen molar-refractivity contribution in [3.63, 3.8) is 0 Å². The number of rotatable bonds is 4. The Balaban J connectivity index is 1.72. The van der Waals surface area contributed by atoms with Gasteiger partial charge in [-0.05, 0) is 61.0 Å². The van der Waals surface area contributed by atoms with Gasteiger partial charge in [0.05, 0.1) is 5.56 Å². The van der Waals surface area contributed by atoms with E-state index >= 15 is 0 Å². The number of hydrogen-bond acceptors (Lipinski definition) is 3. The molecule has 1 aromatic heterocycles. The first-order chi connectivity index (χ1) is 10.1. The molecular formula is C17H19NO2S. The number of nitrogens with zero attached hydrogens (tertiary/aromatic N) is 1. The second kappa shape index (κ2) is 6.00. The standard InChI is InChI=1S/C17H19NO2S/c1-18(11-12-5-7-13(8-6-12)17(19)20)15-3-2-4-16-14(15)9-10-21-16/h5-10,15H,2-4,11H2,1H3,(H,19,20). The predicted molar refractivity (Wildman–Crippen MR) is 84.9 cm³/mol. The number of carboxylic acid groups (broad SMARTS) is 1. The molecule has 1 atom stereocenters. The molecule has 1 aromatic carbocycles. The summed E-state index contributed by atoms with van der Waals surface area (Å²) >= 11 is 1.87. The number of carboxylic acids is 1. The number of benzene rings is 1. The maximum atomic E-state index is 10.9. The van der Waals surface area contributed by atoms with Crippen molar-refractivity contribution in [2.24, 2.45) is 0 Å². The first-order valence-corrected chi connectivity index (χ1v) is 8.12. The smallest absolute Gasteiger partial charge is 0.335 e. The molecule has 0 bridgehead atoms. The minimum absolute atomic E-state index is 0.346. The number of thiophene rings is 1. The molecule has 1 heterocycles. The third-order valence-corrected chi connectivity index (χ3v) is 5.18. The van der Waals surface area contributed by atoms with Gasteiger partial charge in [0.15, 0.2) is 0 Å². The van der Waals surface area contributed by atoms with Crippen LogP contribution in [0.15, 0.2) is 35.7 Å². The Kier molecular flexibility index (Phi) is 4.08. The van der Waals surface area contributed by atoms with Crippen molar-refractivity contribution in [3.8, 4) is 0 Å². The van der Waals surface area contributed by atoms with Gasteiger partial charge < -0.3 is 5.11 Å². The van der Waals surface area contributed by atoms with Crippen LogP contribution in [-0.2, 0) is 13.0 Å². The summed E-state index contributed by atoms with van der Waals surface area (Å²) < 4.78 is 0. The van der Waals surface area contributed by atoms with Crippen LogP contribution in [0.4, 0.5) is 0 Å². The topological polar surface area (TPSA) is 40.5 Å². The summed E-state index contributed by atoms with van der Waals surface area (Å²) in [6, 6.07) is 9.94. The molecule has 3 nitrogen and oxygen atoms in total. The van der Waals surface area contributed by atoms with E-state index in [1.807, 2.05) is 23.5 Å². The minimum atomic E-state index is -0.870. The fraction of sp³-hybridized carbons (Fsp3) is 0.353. The summed E-state index contributed by atoms with van der Waals surface area (Å²) in [6.07, 6.45) is 3.67. The molecule has 1 N–H and O–H groups in total. The van der Waals surface area contributed by atoms with E-state index in [-0.39, 0.29) is 0 Å². The van der Waals surface area contributed by atoms with Crippen LogP contribution < -0.4 is 0 Å². The lowest BCUT2D eigenvalue weighted by atomic mass is 9.93. The van der Waals surface area contributed by atoms with Gasteiger partial charge in [0, 0.05) is 17.5 Å². The lowest BCUT2D eigenvalue weighted by Gasteiger charge is -2.31. The van der Waals surface area contributed by atoms with Crippen LogP contribution in [0.25, 0.3) is 0 Å². The summed E-state index contributed by atoms with van der Waals surface area (Å²) in [7, 11) is 2.16. The van der Waals surface area contributed by atoms with Gasteiger partial charge in [0.25, 0.3) is 0 Å². The predicted octanol–water partition coefficient (Wildman–Crippen LogP) is 3.96. The number of aromatic carboxylic acids is 1. The van der Waals surface area contributed by atoms with Crippen LogP contribution in [0, 0.1) is 0 Å². The second-order valence-corrected chi connectivity index (χ2v) is 6.63. The zero-order valence-electron chi connectivity index (χ0n) is 12.1. The van der Waals surface area contributed by atoms with Crippen LogP contribution in [0.5, 0.6) is 0 Å². The zero-order valence-corrected chi connectivity index (χ0v) is 12.9. The van der Waals surface area contributed by atoms with E-state index in [0.717, 1.165) is 12.1 Å². The maximum Gasteiger partial charge on any atom is 0.335 e. The largest absolute Gasteiger partial charge is 0.478 e. The van der Waals surface area contributed by atoms with Crippen LogP contribution in [-0.4, -0.2) is 23.0 Å². The fourth-order valence-corrected chi connectivity index (χ4v) is 4.05. The Morgan fingerprint density at radius 3 is 2.81 bits per heavy atom. The third kappa shape index (κ3) is 3.01. The van der Waals surface area contributed by atoms with Crippen molar-refractivity contribution in [2.75, 3.05) is 7.05 Å². The molecular weight excluding hydrogens is 282 g/mol. The molecule has 0 radical (unpaired) electrons. The van der Waals surface area contributed by atoms with Gasteiger partial charge >= 0.3 is 5.97 Å². The average Bonchev–Trinajstić information content (AvgIpc) is 2.96. The van der Waals surface area contributed by atoms with E-state index in [1.54, 1.807) is 12.1 Å². The van der Waals surface area contributed by atoms with Gasteiger partial charge in [-0.25, -0.2) is 4.79 Å². The van der Waals surface area contributed by atoms with Crippen molar-refractivity contribution < 1.29 is 9.90 Å². The minimum Gasteiger partial charge on any atom is -0.478 e. The van der Waals surface area contributed by atoms with E-state index in [1.165, 1.54) is 29.7 Å². The van der Waals surface area contributed by atoms with Gasteiger partial charge in [-0.1, -0.05) is 12.1 Å².